The Hall–Kier alpha value is -0.380. The second kappa shape index (κ2) is 4.81. The van der Waals surface area contributed by atoms with E-state index in [0.29, 0.717) is 17.8 Å². The summed E-state index contributed by atoms with van der Waals surface area (Å²) in [4.78, 5) is 0. The molecule has 124 valence electrons. The Morgan fingerprint density at radius 1 is 1.05 bits per heavy atom. The van der Waals surface area contributed by atoms with Crippen LogP contribution in [0.2, 0.25) is 0 Å². The smallest absolute Gasteiger partial charge is 0.0757 e. The zero-order chi connectivity index (χ0) is 15.7. The van der Waals surface area contributed by atoms with Gasteiger partial charge >= 0.3 is 0 Å². The van der Waals surface area contributed by atoms with E-state index < -0.39 is 0 Å². The van der Waals surface area contributed by atoms with Crippen molar-refractivity contribution < 1.29 is 10.2 Å². The van der Waals surface area contributed by atoms with Crippen molar-refractivity contribution in [1.29, 1.82) is 0 Å². The van der Waals surface area contributed by atoms with E-state index in [1.165, 1.54) is 12.0 Å². The number of rotatable bonds is 0. The van der Waals surface area contributed by atoms with Crippen LogP contribution in [0.25, 0.3) is 0 Å². The first-order valence-corrected chi connectivity index (χ1v) is 9.19. The van der Waals surface area contributed by atoms with Crippen LogP contribution in [-0.2, 0) is 0 Å². The third-order valence-corrected chi connectivity index (χ3v) is 8.12. The largest absolute Gasteiger partial charge is 0.393 e. The lowest BCUT2D eigenvalue weighted by Gasteiger charge is -2.58. The van der Waals surface area contributed by atoms with Gasteiger partial charge in [0.05, 0.1) is 12.2 Å². The Morgan fingerprint density at radius 2 is 1.82 bits per heavy atom. The van der Waals surface area contributed by atoms with Crippen molar-refractivity contribution in [2.75, 3.05) is 0 Å². The van der Waals surface area contributed by atoms with E-state index in [4.69, 9.17) is 5.73 Å². The van der Waals surface area contributed by atoms with Gasteiger partial charge in [-0.1, -0.05) is 25.5 Å². The van der Waals surface area contributed by atoms with Crippen molar-refractivity contribution in [3.63, 3.8) is 0 Å². The molecule has 4 aliphatic rings. The van der Waals surface area contributed by atoms with Crippen molar-refractivity contribution in [1.82, 2.24) is 0 Å². The first-order chi connectivity index (χ1) is 10.4. The van der Waals surface area contributed by atoms with Gasteiger partial charge in [-0.15, -0.1) is 0 Å². The predicted molar refractivity (Wildman–Crippen MR) is 87.1 cm³/mol. The Labute approximate surface area is 134 Å². The minimum atomic E-state index is -0.340. The van der Waals surface area contributed by atoms with E-state index in [0.717, 1.165) is 38.5 Å². The molecule has 4 aliphatic carbocycles. The number of fused-ring (bicyclic) bond motifs is 5. The molecule has 0 radical (unpaired) electrons. The predicted octanol–water partition coefficient (Wildman–Crippen LogP) is 2.61. The lowest BCUT2D eigenvalue weighted by molar-refractivity contribution is -0.102. The molecule has 0 heterocycles. The topological polar surface area (TPSA) is 66.5 Å². The molecule has 0 aliphatic heterocycles. The van der Waals surface area contributed by atoms with Crippen molar-refractivity contribution in [2.24, 2.45) is 34.3 Å². The van der Waals surface area contributed by atoms with Gasteiger partial charge in [-0.2, -0.15) is 0 Å². The van der Waals surface area contributed by atoms with Crippen LogP contribution in [0.1, 0.15) is 58.8 Å². The van der Waals surface area contributed by atoms with Crippen LogP contribution in [-0.4, -0.2) is 28.5 Å². The standard InChI is InChI=1S/C19H31NO2/c1-18-7-5-12(20)9-11(18)10-15(21)17-13-3-4-16(22)19(13,2)8-6-14(17)18/h10,12-17,21-22H,3-9,20H2,1-2H3/t12?,13-,14+,15?,16?,17-,18-,19-/m0/s1. The highest BCUT2D eigenvalue weighted by Gasteiger charge is 2.60. The van der Waals surface area contributed by atoms with Crippen molar-refractivity contribution in [3.05, 3.63) is 11.6 Å². The molecular formula is C19H31NO2. The highest BCUT2D eigenvalue weighted by Crippen LogP contribution is 2.64. The van der Waals surface area contributed by atoms with Crippen LogP contribution >= 0.6 is 0 Å². The summed E-state index contributed by atoms with van der Waals surface area (Å²) in [6.45, 7) is 4.68. The molecule has 3 heteroatoms. The van der Waals surface area contributed by atoms with E-state index in [-0.39, 0.29) is 29.1 Å². The van der Waals surface area contributed by atoms with Crippen LogP contribution in [0, 0.1) is 28.6 Å². The van der Waals surface area contributed by atoms with Gasteiger partial charge in [0.15, 0.2) is 0 Å². The summed E-state index contributed by atoms with van der Waals surface area (Å²) >= 11 is 0. The van der Waals surface area contributed by atoms with E-state index in [1.807, 2.05) is 0 Å². The maximum atomic E-state index is 10.9. The zero-order valence-corrected chi connectivity index (χ0v) is 14.0. The second-order valence-corrected chi connectivity index (χ2v) is 9.03. The molecule has 3 saturated carbocycles. The highest BCUT2D eigenvalue weighted by molar-refractivity contribution is 5.28. The molecule has 0 aromatic carbocycles. The van der Waals surface area contributed by atoms with Crippen LogP contribution in [0.15, 0.2) is 11.6 Å². The molecule has 4 N–H and O–H groups in total. The Morgan fingerprint density at radius 3 is 2.59 bits per heavy atom. The fourth-order valence-electron chi connectivity index (χ4n) is 6.65. The summed E-state index contributed by atoms with van der Waals surface area (Å²) in [5.41, 5.74) is 7.86. The van der Waals surface area contributed by atoms with Crippen molar-refractivity contribution in [3.8, 4) is 0 Å². The molecule has 3 fully saturated rings. The van der Waals surface area contributed by atoms with Crippen LogP contribution < -0.4 is 5.73 Å². The van der Waals surface area contributed by atoms with Crippen molar-refractivity contribution in [2.45, 2.75) is 77.0 Å². The molecule has 0 spiro atoms. The van der Waals surface area contributed by atoms with E-state index in [9.17, 15) is 10.2 Å². The monoisotopic (exact) mass is 305 g/mol. The van der Waals surface area contributed by atoms with E-state index >= 15 is 0 Å². The van der Waals surface area contributed by atoms with E-state index in [2.05, 4.69) is 19.9 Å². The van der Waals surface area contributed by atoms with Gasteiger partial charge in [-0.05, 0) is 73.5 Å². The van der Waals surface area contributed by atoms with Gasteiger partial charge in [-0.25, -0.2) is 0 Å². The summed E-state index contributed by atoms with van der Waals surface area (Å²) in [7, 11) is 0. The molecule has 0 amide bonds. The van der Waals surface area contributed by atoms with E-state index in [1.54, 1.807) is 0 Å². The molecule has 8 atom stereocenters. The number of hydrogen-bond donors (Lipinski definition) is 3. The first-order valence-electron chi connectivity index (χ1n) is 9.19. The number of aliphatic hydroxyl groups excluding tert-OH is 2. The molecule has 4 rings (SSSR count). The molecule has 0 aromatic rings. The quantitative estimate of drug-likeness (QED) is 0.603. The Bertz CT molecular complexity index is 504. The van der Waals surface area contributed by atoms with Crippen LogP contribution in [0.3, 0.4) is 0 Å². The zero-order valence-electron chi connectivity index (χ0n) is 14.0. The summed E-state index contributed by atoms with van der Waals surface area (Å²) in [5, 5.41) is 21.4. The lowest BCUT2D eigenvalue weighted by atomic mass is 9.47. The Balaban J connectivity index is 1.73. The summed E-state index contributed by atoms with van der Waals surface area (Å²) < 4.78 is 0. The molecule has 0 saturated heterocycles. The molecule has 3 nitrogen and oxygen atoms in total. The number of aliphatic hydroxyl groups is 2. The average Bonchev–Trinajstić information content (AvgIpc) is 2.77. The molecule has 0 aromatic heterocycles. The Kier molecular flexibility index (Phi) is 3.32. The maximum absolute atomic E-state index is 10.9. The second-order valence-electron chi connectivity index (χ2n) is 9.03. The highest BCUT2D eigenvalue weighted by atomic mass is 16.3. The van der Waals surface area contributed by atoms with Gasteiger partial charge in [-0.3, -0.25) is 0 Å². The van der Waals surface area contributed by atoms with Crippen molar-refractivity contribution >= 4 is 0 Å². The minimum Gasteiger partial charge on any atom is -0.393 e. The van der Waals surface area contributed by atoms with Gasteiger partial charge < -0.3 is 15.9 Å². The third kappa shape index (κ3) is 1.85. The number of nitrogens with two attached hydrogens (primary N) is 1. The summed E-state index contributed by atoms with van der Waals surface area (Å²) in [6.07, 6.45) is 9.12. The molecular weight excluding hydrogens is 274 g/mol. The van der Waals surface area contributed by atoms with Gasteiger partial charge in [0.1, 0.15) is 0 Å². The summed E-state index contributed by atoms with van der Waals surface area (Å²) in [5.74, 6) is 1.37. The van der Waals surface area contributed by atoms with Gasteiger partial charge in [0.2, 0.25) is 0 Å². The van der Waals surface area contributed by atoms with Gasteiger partial charge in [0.25, 0.3) is 0 Å². The van der Waals surface area contributed by atoms with Crippen LogP contribution in [0.5, 0.6) is 0 Å². The number of hydrogen-bond acceptors (Lipinski definition) is 3. The first kappa shape index (κ1) is 15.2. The lowest BCUT2D eigenvalue weighted by Crippen LogP contribution is -2.55. The SMILES string of the molecule is C[C@]12CCC(N)CC1=CC(O)[C@@H]1[C@H]2CC[C@]2(C)C(O)CC[C@@H]12. The molecule has 0 bridgehead atoms. The fraction of sp³-hybridized carbons (Fsp3) is 0.895. The third-order valence-electron chi connectivity index (χ3n) is 8.12. The van der Waals surface area contributed by atoms with Crippen LogP contribution in [0.4, 0.5) is 0 Å². The molecule has 22 heavy (non-hydrogen) atoms. The maximum Gasteiger partial charge on any atom is 0.0757 e. The average molecular weight is 305 g/mol. The molecule has 3 unspecified atom stereocenters. The summed E-state index contributed by atoms with van der Waals surface area (Å²) in [6, 6.07) is 0.269. The fourth-order valence-corrected chi connectivity index (χ4v) is 6.65. The minimum absolute atomic E-state index is 0.0227. The normalized spacial score (nSPS) is 57.6. The van der Waals surface area contributed by atoms with Gasteiger partial charge in [0, 0.05) is 6.04 Å².